The number of methoxy groups -OCH3 is 2. The minimum Gasteiger partial charge on any atom is -0.497 e. The van der Waals surface area contributed by atoms with Gasteiger partial charge in [-0.1, -0.05) is 0 Å². The summed E-state index contributed by atoms with van der Waals surface area (Å²) in [7, 11) is 2.92. The number of piperidine rings is 1. The Morgan fingerprint density at radius 3 is 2.60 bits per heavy atom. The molecule has 0 aromatic heterocycles. The van der Waals surface area contributed by atoms with Crippen LogP contribution in [0.2, 0.25) is 0 Å². The van der Waals surface area contributed by atoms with Gasteiger partial charge < -0.3 is 24.8 Å². The fourth-order valence-electron chi connectivity index (χ4n) is 2.78. The van der Waals surface area contributed by atoms with Crippen LogP contribution in [-0.4, -0.2) is 56.1 Å². The van der Waals surface area contributed by atoms with Gasteiger partial charge in [-0.2, -0.15) is 0 Å². The normalized spacial score (nSPS) is 16.9. The molecule has 2 N–H and O–H groups in total. The summed E-state index contributed by atoms with van der Waals surface area (Å²) in [4.78, 5) is 37.4. The van der Waals surface area contributed by atoms with Gasteiger partial charge in [0.05, 0.1) is 14.2 Å². The smallest absolute Gasteiger partial charge is 0.342 e. The molecule has 0 spiro atoms. The van der Waals surface area contributed by atoms with Crippen LogP contribution in [0.3, 0.4) is 0 Å². The van der Waals surface area contributed by atoms with E-state index in [1.807, 2.05) is 0 Å². The second-order valence-electron chi connectivity index (χ2n) is 5.64. The zero-order valence-corrected chi connectivity index (χ0v) is 14.3. The van der Waals surface area contributed by atoms with Crippen molar-refractivity contribution in [3.8, 4) is 11.5 Å². The molecule has 2 amide bonds. The molecule has 0 radical (unpaired) electrons. The molecule has 1 aliphatic rings. The van der Waals surface area contributed by atoms with Crippen molar-refractivity contribution in [3.05, 3.63) is 23.8 Å². The molecule has 0 bridgehead atoms. The molecule has 1 heterocycles. The quantitative estimate of drug-likeness (QED) is 0.758. The summed E-state index contributed by atoms with van der Waals surface area (Å²) in [6.07, 6.45) is 2.15. The highest BCUT2D eigenvalue weighted by molar-refractivity contribution is 5.94. The van der Waals surface area contributed by atoms with Crippen LogP contribution < -0.4 is 15.2 Å². The lowest BCUT2D eigenvalue weighted by molar-refractivity contribution is -0.143. The van der Waals surface area contributed by atoms with Gasteiger partial charge in [-0.05, 0) is 31.4 Å². The summed E-state index contributed by atoms with van der Waals surface area (Å²) >= 11 is 0. The van der Waals surface area contributed by atoms with Gasteiger partial charge in [0, 0.05) is 12.6 Å². The first-order valence-electron chi connectivity index (χ1n) is 7.96. The third kappa shape index (κ3) is 4.40. The molecular weight excluding hydrogens is 328 g/mol. The Kier molecular flexibility index (Phi) is 6.21. The number of ether oxygens (including phenoxy) is 3. The van der Waals surface area contributed by atoms with Crippen LogP contribution >= 0.6 is 0 Å². The molecule has 8 heteroatoms. The first-order valence-corrected chi connectivity index (χ1v) is 7.96. The number of carbonyl (C=O) groups is 3. The zero-order valence-electron chi connectivity index (χ0n) is 14.3. The predicted molar refractivity (Wildman–Crippen MR) is 88.4 cm³/mol. The van der Waals surface area contributed by atoms with Crippen molar-refractivity contribution in [1.82, 2.24) is 4.90 Å². The van der Waals surface area contributed by atoms with Gasteiger partial charge in [0.1, 0.15) is 23.1 Å². The molecule has 1 fully saturated rings. The molecule has 8 nitrogen and oxygen atoms in total. The summed E-state index contributed by atoms with van der Waals surface area (Å²) in [5.41, 5.74) is 5.52. The van der Waals surface area contributed by atoms with E-state index in [1.165, 1.54) is 25.2 Å². The molecule has 25 heavy (non-hydrogen) atoms. The number of esters is 1. The Hall–Kier alpha value is -2.77. The van der Waals surface area contributed by atoms with Crippen molar-refractivity contribution in [2.45, 2.75) is 25.3 Å². The Morgan fingerprint density at radius 1 is 1.20 bits per heavy atom. The highest BCUT2D eigenvalue weighted by Gasteiger charge is 2.31. The lowest BCUT2D eigenvalue weighted by Gasteiger charge is -2.33. The van der Waals surface area contributed by atoms with Crippen molar-refractivity contribution in [2.24, 2.45) is 5.73 Å². The number of amides is 2. The monoisotopic (exact) mass is 350 g/mol. The molecule has 1 aliphatic heterocycles. The highest BCUT2D eigenvalue weighted by Crippen LogP contribution is 2.25. The van der Waals surface area contributed by atoms with Crippen molar-refractivity contribution in [1.29, 1.82) is 0 Å². The first kappa shape index (κ1) is 18.6. The van der Waals surface area contributed by atoms with E-state index in [0.29, 0.717) is 18.7 Å². The Morgan fingerprint density at radius 2 is 1.96 bits per heavy atom. The van der Waals surface area contributed by atoms with Crippen LogP contribution in [0.25, 0.3) is 0 Å². The number of nitrogens with two attached hydrogens (primary N) is 1. The summed E-state index contributed by atoms with van der Waals surface area (Å²) in [5, 5.41) is 0. The van der Waals surface area contributed by atoms with Gasteiger partial charge in [0.25, 0.3) is 5.91 Å². The van der Waals surface area contributed by atoms with Crippen molar-refractivity contribution >= 4 is 17.8 Å². The lowest BCUT2D eigenvalue weighted by atomic mass is 10.0. The summed E-state index contributed by atoms with van der Waals surface area (Å²) in [6.45, 7) is -0.0341. The molecule has 0 aliphatic carbocycles. The second kappa shape index (κ2) is 8.36. The van der Waals surface area contributed by atoms with E-state index < -0.39 is 30.4 Å². The van der Waals surface area contributed by atoms with E-state index in [0.717, 1.165) is 12.8 Å². The first-order chi connectivity index (χ1) is 12.0. The molecule has 2 rings (SSSR count). The topological polar surface area (TPSA) is 108 Å². The molecule has 0 saturated carbocycles. The third-order valence-electron chi connectivity index (χ3n) is 4.11. The largest absolute Gasteiger partial charge is 0.497 e. The van der Waals surface area contributed by atoms with E-state index in [1.54, 1.807) is 12.1 Å². The van der Waals surface area contributed by atoms with Gasteiger partial charge >= 0.3 is 5.97 Å². The number of likely N-dealkylation sites (tertiary alicyclic amines) is 1. The van der Waals surface area contributed by atoms with Gasteiger partial charge in [-0.3, -0.25) is 9.59 Å². The molecule has 0 unspecified atom stereocenters. The van der Waals surface area contributed by atoms with Crippen LogP contribution in [0.5, 0.6) is 11.5 Å². The predicted octanol–water partition coefficient (Wildman–Crippen LogP) is 0.727. The van der Waals surface area contributed by atoms with E-state index in [9.17, 15) is 14.4 Å². The minimum absolute atomic E-state index is 0.182. The van der Waals surface area contributed by atoms with Crippen LogP contribution in [0.15, 0.2) is 18.2 Å². The fourth-order valence-corrected chi connectivity index (χ4v) is 2.78. The van der Waals surface area contributed by atoms with Crippen LogP contribution in [0.1, 0.15) is 29.6 Å². The van der Waals surface area contributed by atoms with Crippen LogP contribution in [0, 0.1) is 0 Å². The van der Waals surface area contributed by atoms with E-state index in [4.69, 9.17) is 19.9 Å². The summed E-state index contributed by atoms with van der Waals surface area (Å²) in [6, 6.07) is 3.99. The Labute approximate surface area is 145 Å². The van der Waals surface area contributed by atoms with Gasteiger partial charge in [0.15, 0.2) is 6.61 Å². The van der Waals surface area contributed by atoms with Crippen molar-refractivity contribution < 1.29 is 28.6 Å². The number of hydrogen-bond donors (Lipinski definition) is 1. The average Bonchev–Trinajstić information content (AvgIpc) is 2.65. The molecule has 1 aromatic rings. The van der Waals surface area contributed by atoms with E-state index >= 15 is 0 Å². The maximum absolute atomic E-state index is 12.3. The Bertz CT molecular complexity index is 661. The second-order valence-corrected chi connectivity index (χ2v) is 5.64. The fraction of sp³-hybridized carbons (Fsp3) is 0.471. The number of primary amides is 1. The maximum atomic E-state index is 12.3. The van der Waals surface area contributed by atoms with Gasteiger partial charge in [0.2, 0.25) is 5.91 Å². The number of nitrogens with zero attached hydrogens (tertiary/aromatic N) is 1. The van der Waals surface area contributed by atoms with E-state index in [-0.39, 0.29) is 11.3 Å². The molecule has 136 valence electrons. The van der Waals surface area contributed by atoms with E-state index in [2.05, 4.69) is 0 Å². The third-order valence-corrected chi connectivity index (χ3v) is 4.11. The lowest BCUT2D eigenvalue weighted by Crippen LogP contribution is -2.51. The highest BCUT2D eigenvalue weighted by atomic mass is 16.5. The number of carbonyl (C=O) groups excluding carboxylic acids is 3. The number of benzene rings is 1. The number of hydrogen-bond acceptors (Lipinski definition) is 6. The van der Waals surface area contributed by atoms with Crippen molar-refractivity contribution in [2.75, 3.05) is 27.4 Å². The van der Waals surface area contributed by atoms with Crippen molar-refractivity contribution in [3.63, 3.8) is 0 Å². The average molecular weight is 350 g/mol. The minimum atomic E-state index is -0.694. The van der Waals surface area contributed by atoms with Gasteiger partial charge in [-0.25, -0.2) is 4.79 Å². The van der Waals surface area contributed by atoms with Gasteiger partial charge in [-0.15, -0.1) is 0 Å². The molecular formula is C17H22N2O6. The standard InChI is InChI=1S/C17H22N2O6/c1-23-11-6-7-12(14(9-11)24-2)17(22)25-10-15(20)19-8-4-3-5-13(19)16(18)21/h6-7,9,13H,3-5,8,10H2,1-2H3,(H2,18,21)/t13-/m1/s1. The SMILES string of the molecule is COc1ccc(C(=O)OCC(=O)N2CCCC[C@@H]2C(N)=O)c(OC)c1. The Balaban J connectivity index is 2.01. The molecule has 1 saturated heterocycles. The summed E-state index contributed by atoms with van der Waals surface area (Å²) in [5.74, 6) is -0.868. The van der Waals surface area contributed by atoms with Crippen LogP contribution in [-0.2, 0) is 14.3 Å². The molecule has 1 aromatic carbocycles. The summed E-state index contributed by atoms with van der Waals surface area (Å²) < 4.78 is 15.3. The van der Waals surface area contributed by atoms with Crippen LogP contribution in [0.4, 0.5) is 0 Å². The maximum Gasteiger partial charge on any atom is 0.342 e. The molecule has 1 atom stereocenters. The zero-order chi connectivity index (χ0) is 18.4. The number of rotatable bonds is 6.